The van der Waals surface area contributed by atoms with Crippen molar-refractivity contribution >= 4 is 11.7 Å². The number of H-pyrrole nitrogens is 1. The summed E-state index contributed by atoms with van der Waals surface area (Å²) in [4.78, 5) is 13.4. The first kappa shape index (κ1) is 14.0. The first-order valence-corrected chi connectivity index (χ1v) is 5.96. The molecule has 2 aromatic rings. The zero-order valence-electron chi connectivity index (χ0n) is 11.0. The number of nitrogens with one attached hydrogen (secondary N) is 2. The highest BCUT2D eigenvalue weighted by Crippen LogP contribution is 2.21. The first-order chi connectivity index (χ1) is 9.49. The number of urea groups is 1. The summed E-state index contributed by atoms with van der Waals surface area (Å²) in [5.74, 6) is -1.84. The van der Waals surface area contributed by atoms with Crippen molar-refractivity contribution < 1.29 is 13.6 Å². The molecule has 0 aliphatic heterocycles. The van der Waals surface area contributed by atoms with Crippen LogP contribution in [0.4, 0.5) is 19.3 Å². The Labute approximate surface area is 114 Å². The van der Waals surface area contributed by atoms with Crippen LogP contribution in [0.1, 0.15) is 18.5 Å². The molecule has 2 N–H and O–H groups in total. The number of aromatic amines is 1. The number of carbonyl (C=O) groups is 1. The second-order valence-corrected chi connectivity index (χ2v) is 4.38. The first-order valence-electron chi connectivity index (χ1n) is 5.96. The van der Waals surface area contributed by atoms with Crippen LogP contribution in [0.5, 0.6) is 0 Å². The van der Waals surface area contributed by atoms with E-state index in [9.17, 15) is 13.6 Å². The fourth-order valence-electron chi connectivity index (χ4n) is 1.70. The lowest BCUT2D eigenvalue weighted by atomic mass is 10.1. The third kappa shape index (κ3) is 2.93. The molecule has 0 unspecified atom stereocenters. The van der Waals surface area contributed by atoms with Gasteiger partial charge in [-0.3, -0.25) is 5.10 Å². The lowest BCUT2D eigenvalue weighted by molar-refractivity contribution is 0.208. The zero-order valence-corrected chi connectivity index (χ0v) is 11.0. The summed E-state index contributed by atoms with van der Waals surface area (Å²) >= 11 is 0. The molecule has 1 aromatic carbocycles. The molecular weight excluding hydrogens is 266 g/mol. The van der Waals surface area contributed by atoms with E-state index in [1.54, 1.807) is 14.0 Å². The van der Waals surface area contributed by atoms with Gasteiger partial charge in [0.05, 0.1) is 17.9 Å². The largest absolute Gasteiger partial charge is 0.322 e. The average Bonchev–Trinajstić information content (AvgIpc) is 2.93. The van der Waals surface area contributed by atoms with Crippen LogP contribution >= 0.6 is 0 Å². The highest BCUT2D eigenvalue weighted by Gasteiger charge is 2.18. The summed E-state index contributed by atoms with van der Waals surface area (Å²) in [5, 5.41) is 8.91. The van der Waals surface area contributed by atoms with Gasteiger partial charge in [0, 0.05) is 13.2 Å². The Balaban J connectivity index is 2.09. The van der Waals surface area contributed by atoms with E-state index >= 15 is 0 Å². The van der Waals surface area contributed by atoms with Crippen molar-refractivity contribution in [3.05, 3.63) is 47.8 Å². The van der Waals surface area contributed by atoms with Crippen molar-refractivity contribution in [2.45, 2.75) is 13.0 Å². The molecule has 0 saturated heterocycles. The van der Waals surface area contributed by atoms with Crippen LogP contribution in [0.3, 0.4) is 0 Å². The highest BCUT2D eigenvalue weighted by molar-refractivity contribution is 5.89. The lowest BCUT2D eigenvalue weighted by Gasteiger charge is -2.25. The second-order valence-electron chi connectivity index (χ2n) is 4.38. The molecule has 0 spiro atoms. The van der Waals surface area contributed by atoms with Crippen LogP contribution in [0.15, 0.2) is 30.6 Å². The number of anilines is 1. The van der Waals surface area contributed by atoms with Crippen LogP contribution in [-0.4, -0.2) is 28.2 Å². The summed E-state index contributed by atoms with van der Waals surface area (Å²) in [5.41, 5.74) is 1.04. The van der Waals surface area contributed by atoms with Crippen molar-refractivity contribution in [2.24, 2.45) is 0 Å². The van der Waals surface area contributed by atoms with Crippen molar-refractivity contribution in [3.63, 3.8) is 0 Å². The third-order valence-corrected chi connectivity index (χ3v) is 3.08. The van der Waals surface area contributed by atoms with Gasteiger partial charge >= 0.3 is 6.03 Å². The Morgan fingerprint density at radius 3 is 2.75 bits per heavy atom. The van der Waals surface area contributed by atoms with E-state index in [4.69, 9.17) is 0 Å². The number of benzene rings is 1. The minimum atomic E-state index is -0.932. The van der Waals surface area contributed by atoms with Crippen LogP contribution < -0.4 is 5.32 Å². The molecule has 1 heterocycles. The maximum Gasteiger partial charge on any atom is 0.322 e. The van der Waals surface area contributed by atoms with E-state index < -0.39 is 17.7 Å². The molecular formula is C13H14F2N4O. The number of hydrogen-bond acceptors (Lipinski definition) is 2. The van der Waals surface area contributed by atoms with Crippen LogP contribution in [-0.2, 0) is 0 Å². The van der Waals surface area contributed by atoms with Crippen LogP contribution in [0.2, 0.25) is 0 Å². The Morgan fingerprint density at radius 2 is 2.15 bits per heavy atom. The van der Waals surface area contributed by atoms with E-state index in [-0.39, 0.29) is 6.03 Å². The average molecular weight is 280 g/mol. The Bertz CT molecular complexity index is 600. The minimum Gasteiger partial charge on any atom is -0.321 e. The van der Waals surface area contributed by atoms with Gasteiger partial charge in [-0.1, -0.05) is 6.07 Å². The number of carbonyl (C=O) groups excluding carboxylic acids is 1. The van der Waals surface area contributed by atoms with Crippen molar-refractivity contribution in [1.29, 1.82) is 0 Å². The van der Waals surface area contributed by atoms with Gasteiger partial charge in [-0.05, 0) is 24.6 Å². The van der Waals surface area contributed by atoms with Crippen LogP contribution in [0, 0.1) is 11.6 Å². The SMILES string of the molecule is C[C@@H](c1ccc(F)c(F)c1)N(C)C(=O)Nc1cn[nH]c1. The molecule has 2 rings (SSSR count). The Hall–Kier alpha value is -2.44. The Kier molecular flexibility index (Phi) is 3.97. The molecule has 0 saturated carbocycles. The Morgan fingerprint density at radius 1 is 1.40 bits per heavy atom. The molecule has 0 aliphatic carbocycles. The fraction of sp³-hybridized carbons (Fsp3) is 0.231. The number of nitrogens with zero attached hydrogens (tertiary/aromatic N) is 2. The number of halogens is 2. The molecule has 2 amide bonds. The molecule has 5 nitrogen and oxygen atoms in total. The van der Waals surface area contributed by atoms with Gasteiger partial charge in [0.2, 0.25) is 0 Å². The number of rotatable bonds is 3. The fourth-order valence-corrected chi connectivity index (χ4v) is 1.70. The monoisotopic (exact) mass is 280 g/mol. The summed E-state index contributed by atoms with van der Waals surface area (Å²) in [6.45, 7) is 1.72. The lowest BCUT2D eigenvalue weighted by Crippen LogP contribution is -2.33. The molecule has 20 heavy (non-hydrogen) atoms. The minimum absolute atomic E-state index is 0.372. The maximum absolute atomic E-state index is 13.2. The van der Waals surface area contributed by atoms with Gasteiger partial charge in [0.15, 0.2) is 11.6 Å². The van der Waals surface area contributed by atoms with Gasteiger partial charge in [0.25, 0.3) is 0 Å². The standard InChI is InChI=1S/C13H14F2N4O/c1-8(9-3-4-11(14)12(15)5-9)19(2)13(20)18-10-6-16-17-7-10/h3-8H,1-2H3,(H,16,17)(H,18,20)/t8-/m0/s1. The molecule has 0 fully saturated rings. The number of amides is 2. The number of aromatic nitrogens is 2. The second kappa shape index (κ2) is 5.68. The maximum atomic E-state index is 13.2. The summed E-state index contributed by atoms with van der Waals surface area (Å²) in [6, 6.07) is 2.80. The summed E-state index contributed by atoms with van der Waals surface area (Å²) in [7, 11) is 1.57. The van der Waals surface area contributed by atoms with Crippen molar-refractivity contribution in [1.82, 2.24) is 15.1 Å². The third-order valence-electron chi connectivity index (χ3n) is 3.08. The normalized spacial score (nSPS) is 12.0. The van der Waals surface area contributed by atoms with Crippen molar-refractivity contribution in [2.75, 3.05) is 12.4 Å². The van der Waals surface area contributed by atoms with Gasteiger partial charge in [0.1, 0.15) is 0 Å². The molecule has 0 aliphatic rings. The summed E-state index contributed by atoms with van der Waals surface area (Å²) in [6.07, 6.45) is 3.00. The predicted molar refractivity (Wildman–Crippen MR) is 70.1 cm³/mol. The van der Waals surface area contributed by atoms with Crippen molar-refractivity contribution in [3.8, 4) is 0 Å². The highest BCUT2D eigenvalue weighted by atomic mass is 19.2. The molecule has 1 atom stereocenters. The molecule has 7 heteroatoms. The van der Waals surface area contributed by atoms with Gasteiger partial charge in [-0.25, -0.2) is 13.6 Å². The van der Waals surface area contributed by atoms with Crippen LogP contribution in [0.25, 0.3) is 0 Å². The van der Waals surface area contributed by atoms with E-state index in [2.05, 4.69) is 15.5 Å². The van der Waals surface area contributed by atoms with E-state index in [0.29, 0.717) is 11.3 Å². The van der Waals surface area contributed by atoms with E-state index in [1.807, 2.05) is 0 Å². The van der Waals surface area contributed by atoms with Gasteiger partial charge in [-0.2, -0.15) is 5.10 Å². The smallest absolute Gasteiger partial charge is 0.321 e. The number of hydrogen-bond donors (Lipinski definition) is 2. The molecule has 1 aromatic heterocycles. The molecule has 106 valence electrons. The molecule has 0 bridgehead atoms. The quantitative estimate of drug-likeness (QED) is 0.908. The zero-order chi connectivity index (χ0) is 14.7. The van der Waals surface area contributed by atoms with Gasteiger partial charge < -0.3 is 10.2 Å². The topological polar surface area (TPSA) is 61.0 Å². The molecule has 0 radical (unpaired) electrons. The van der Waals surface area contributed by atoms with Gasteiger partial charge in [-0.15, -0.1) is 0 Å². The summed E-state index contributed by atoms with van der Waals surface area (Å²) < 4.78 is 26.1. The van der Waals surface area contributed by atoms with E-state index in [1.165, 1.54) is 23.4 Å². The van der Waals surface area contributed by atoms with E-state index in [0.717, 1.165) is 12.1 Å². The predicted octanol–water partition coefficient (Wildman–Crippen LogP) is 2.91.